The van der Waals surface area contributed by atoms with Crippen LogP contribution in [0.15, 0.2) is 0 Å². The van der Waals surface area contributed by atoms with E-state index in [1.807, 2.05) is 0 Å². The lowest BCUT2D eigenvalue weighted by Gasteiger charge is -2.45. The van der Waals surface area contributed by atoms with Crippen molar-refractivity contribution in [2.24, 2.45) is 5.92 Å². The molecule has 0 aromatic rings. The van der Waals surface area contributed by atoms with Gasteiger partial charge in [0.15, 0.2) is 0 Å². The number of nitrogens with zero attached hydrogens (tertiary/aromatic N) is 1. The van der Waals surface area contributed by atoms with E-state index in [0.29, 0.717) is 11.8 Å². The minimum Gasteiger partial charge on any atom is -0.375 e. The zero-order valence-electron chi connectivity index (χ0n) is 12.1. The van der Waals surface area contributed by atoms with Gasteiger partial charge >= 0.3 is 0 Å². The maximum Gasteiger partial charge on any atom is 0.138 e. The molecular weight excluding hydrogens is 226 g/mol. The first-order valence-electron chi connectivity index (χ1n) is 7.51. The summed E-state index contributed by atoms with van der Waals surface area (Å²) in [6.45, 7) is 9.32. The number of rotatable bonds is 3. The molecule has 2 rings (SSSR count). The minimum atomic E-state index is 0.0909. The number of hydrogen-bond acceptors (Lipinski definition) is 3. The van der Waals surface area contributed by atoms with E-state index < -0.39 is 0 Å². The summed E-state index contributed by atoms with van der Waals surface area (Å²) in [5.41, 5.74) is 0.0909. The van der Waals surface area contributed by atoms with Gasteiger partial charge in [-0.15, -0.1) is 0 Å². The summed E-state index contributed by atoms with van der Waals surface area (Å²) < 4.78 is 6.04. The van der Waals surface area contributed by atoms with Crippen LogP contribution in [0.25, 0.3) is 0 Å². The van der Waals surface area contributed by atoms with E-state index >= 15 is 0 Å². The van der Waals surface area contributed by atoms with Gasteiger partial charge in [-0.2, -0.15) is 0 Å². The van der Waals surface area contributed by atoms with E-state index in [-0.39, 0.29) is 11.5 Å². The molecule has 0 aromatic carbocycles. The van der Waals surface area contributed by atoms with Gasteiger partial charge in [-0.1, -0.05) is 20.8 Å². The summed E-state index contributed by atoms with van der Waals surface area (Å²) in [6.07, 6.45) is 5.21. The highest BCUT2D eigenvalue weighted by Gasteiger charge is 2.38. The van der Waals surface area contributed by atoms with Crippen molar-refractivity contribution >= 4 is 5.78 Å². The first kappa shape index (κ1) is 14.0. The highest BCUT2D eigenvalue weighted by molar-refractivity contribution is 5.81. The third-order valence-electron chi connectivity index (χ3n) is 4.98. The van der Waals surface area contributed by atoms with Crippen LogP contribution in [0.1, 0.15) is 52.9 Å². The van der Waals surface area contributed by atoms with Crippen molar-refractivity contribution in [2.45, 2.75) is 64.5 Å². The number of carbonyl (C=O) groups is 1. The second kappa shape index (κ2) is 5.70. The zero-order chi connectivity index (χ0) is 13.2. The maximum absolute atomic E-state index is 11.6. The SMILES string of the molecule is CCC1(CC)CC(N2CCC(=O)C(C)C2)CCO1. The van der Waals surface area contributed by atoms with E-state index in [0.717, 1.165) is 51.8 Å². The summed E-state index contributed by atoms with van der Waals surface area (Å²) in [6, 6.07) is 0.620. The number of hydrogen-bond donors (Lipinski definition) is 0. The fourth-order valence-corrected chi connectivity index (χ4v) is 3.43. The highest BCUT2D eigenvalue weighted by atomic mass is 16.5. The molecule has 2 atom stereocenters. The molecule has 3 heteroatoms. The molecule has 18 heavy (non-hydrogen) atoms. The van der Waals surface area contributed by atoms with Crippen molar-refractivity contribution in [2.75, 3.05) is 19.7 Å². The molecule has 2 fully saturated rings. The van der Waals surface area contributed by atoms with Crippen molar-refractivity contribution in [3.63, 3.8) is 0 Å². The van der Waals surface area contributed by atoms with Gasteiger partial charge in [0.2, 0.25) is 0 Å². The third kappa shape index (κ3) is 2.77. The van der Waals surface area contributed by atoms with E-state index in [1.54, 1.807) is 0 Å². The molecule has 3 nitrogen and oxygen atoms in total. The van der Waals surface area contributed by atoms with Crippen LogP contribution in [-0.4, -0.2) is 42.0 Å². The van der Waals surface area contributed by atoms with Gasteiger partial charge in [-0.3, -0.25) is 9.69 Å². The molecule has 0 radical (unpaired) electrons. The van der Waals surface area contributed by atoms with E-state index in [4.69, 9.17) is 4.74 Å². The van der Waals surface area contributed by atoms with Gasteiger partial charge in [0.25, 0.3) is 0 Å². The number of Topliss-reactive ketones (excluding diaryl/α,β-unsaturated/α-hetero) is 1. The van der Waals surface area contributed by atoms with Gasteiger partial charge in [0.05, 0.1) is 5.60 Å². The quantitative estimate of drug-likeness (QED) is 0.774. The molecule has 0 N–H and O–H groups in total. The summed E-state index contributed by atoms with van der Waals surface area (Å²) in [4.78, 5) is 14.1. The number of ketones is 1. The van der Waals surface area contributed by atoms with Crippen LogP contribution in [-0.2, 0) is 9.53 Å². The Morgan fingerprint density at radius 2 is 2.11 bits per heavy atom. The molecule has 0 spiro atoms. The second-order valence-electron chi connectivity index (χ2n) is 6.00. The summed E-state index contributed by atoms with van der Waals surface area (Å²) in [7, 11) is 0. The molecule has 0 saturated carbocycles. The fraction of sp³-hybridized carbons (Fsp3) is 0.933. The molecule has 2 heterocycles. The van der Waals surface area contributed by atoms with Crippen LogP contribution in [0.2, 0.25) is 0 Å². The van der Waals surface area contributed by atoms with E-state index in [1.165, 1.54) is 0 Å². The summed E-state index contributed by atoms with van der Waals surface area (Å²) >= 11 is 0. The molecule has 2 unspecified atom stereocenters. The number of likely N-dealkylation sites (tertiary alicyclic amines) is 1. The Balaban J connectivity index is 1.98. The monoisotopic (exact) mass is 253 g/mol. The van der Waals surface area contributed by atoms with Crippen LogP contribution < -0.4 is 0 Å². The highest BCUT2D eigenvalue weighted by Crippen LogP contribution is 2.34. The van der Waals surface area contributed by atoms with Crippen LogP contribution in [0.4, 0.5) is 0 Å². The van der Waals surface area contributed by atoms with Crippen molar-refractivity contribution in [3.05, 3.63) is 0 Å². The van der Waals surface area contributed by atoms with E-state index in [2.05, 4.69) is 25.7 Å². The Bertz CT molecular complexity index is 299. The topological polar surface area (TPSA) is 29.5 Å². The maximum atomic E-state index is 11.6. The lowest BCUT2D eigenvalue weighted by Crippen LogP contribution is -2.52. The van der Waals surface area contributed by atoms with Crippen LogP contribution in [0, 0.1) is 5.92 Å². The van der Waals surface area contributed by atoms with Crippen molar-refractivity contribution in [3.8, 4) is 0 Å². The molecule has 2 saturated heterocycles. The predicted molar refractivity (Wildman–Crippen MR) is 72.6 cm³/mol. The number of carbonyl (C=O) groups excluding carboxylic acids is 1. The molecule has 0 amide bonds. The lowest BCUT2D eigenvalue weighted by atomic mass is 9.84. The van der Waals surface area contributed by atoms with Crippen molar-refractivity contribution in [1.29, 1.82) is 0 Å². The summed E-state index contributed by atoms with van der Waals surface area (Å²) in [5.74, 6) is 0.662. The van der Waals surface area contributed by atoms with Crippen molar-refractivity contribution < 1.29 is 9.53 Å². The van der Waals surface area contributed by atoms with Crippen molar-refractivity contribution in [1.82, 2.24) is 4.90 Å². The van der Waals surface area contributed by atoms with Gasteiger partial charge in [0, 0.05) is 38.1 Å². The van der Waals surface area contributed by atoms with E-state index in [9.17, 15) is 4.79 Å². The average Bonchev–Trinajstić information content (AvgIpc) is 2.42. The Morgan fingerprint density at radius 3 is 2.72 bits per heavy atom. The average molecular weight is 253 g/mol. The standard InChI is InChI=1S/C15H27NO2/c1-4-15(5-2)10-13(7-9-18-15)16-8-6-14(17)12(3)11-16/h12-13H,4-11H2,1-3H3. The molecular formula is C15H27NO2. The molecule has 0 bridgehead atoms. The molecule has 104 valence electrons. The van der Waals surface area contributed by atoms with Crippen LogP contribution >= 0.6 is 0 Å². The molecule has 2 aliphatic rings. The zero-order valence-corrected chi connectivity index (χ0v) is 12.1. The van der Waals surface area contributed by atoms with Crippen LogP contribution in [0.3, 0.4) is 0 Å². The molecule has 2 aliphatic heterocycles. The predicted octanol–water partition coefficient (Wildman–Crippen LogP) is 2.64. The van der Waals surface area contributed by atoms with Gasteiger partial charge < -0.3 is 4.74 Å². The minimum absolute atomic E-state index is 0.0909. The first-order chi connectivity index (χ1) is 8.60. The summed E-state index contributed by atoms with van der Waals surface area (Å²) in [5, 5.41) is 0. The Kier molecular flexibility index (Phi) is 4.44. The largest absolute Gasteiger partial charge is 0.375 e. The molecule has 0 aliphatic carbocycles. The Hall–Kier alpha value is -0.410. The fourth-order valence-electron chi connectivity index (χ4n) is 3.43. The smallest absolute Gasteiger partial charge is 0.138 e. The second-order valence-corrected chi connectivity index (χ2v) is 6.00. The Morgan fingerprint density at radius 1 is 1.39 bits per heavy atom. The van der Waals surface area contributed by atoms with Gasteiger partial charge in [0.1, 0.15) is 5.78 Å². The Labute approximate surface area is 111 Å². The van der Waals surface area contributed by atoms with Gasteiger partial charge in [-0.05, 0) is 25.7 Å². The first-order valence-corrected chi connectivity index (χ1v) is 7.51. The number of ether oxygens (including phenoxy) is 1. The number of piperidine rings is 1. The third-order valence-corrected chi connectivity index (χ3v) is 4.98. The molecule has 0 aromatic heterocycles. The normalized spacial score (nSPS) is 33.6. The van der Waals surface area contributed by atoms with Crippen LogP contribution in [0.5, 0.6) is 0 Å². The van der Waals surface area contributed by atoms with Gasteiger partial charge in [-0.25, -0.2) is 0 Å². The lowest BCUT2D eigenvalue weighted by molar-refractivity contribution is -0.131.